The number of hydrogen-bond acceptors (Lipinski definition) is 5. The van der Waals surface area contributed by atoms with Crippen LogP contribution >= 0.6 is 0 Å². The van der Waals surface area contributed by atoms with E-state index in [0.29, 0.717) is 11.4 Å². The highest BCUT2D eigenvalue weighted by Crippen LogP contribution is 2.17. The molecule has 1 amide bonds. The van der Waals surface area contributed by atoms with Crippen molar-refractivity contribution in [3.05, 3.63) is 71.1 Å². The van der Waals surface area contributed by atoms with Gasteiger partial charge in [-0.25, -0.2) is 0 Å². The Morgan fingerprint density at radius 3 is 2.79 bits per heavy atom. The number of amides is 1. The van der Waals surface area contributed by atoms with E-state index in [-0.39, 0.29) is 5.91 Å². The van der Waals surface area contributed by atoms with Gasteiger partial charge in [0.15, 0.2) is 5.69 Å². The van der Waals surface area contributed by atoms with E-state index in [0.717, 1.165) is 42.1 Å². The van der Waals surface area contributed by atoms with Gasteiger partial charge in [0.05, 0.1) is 17.6 Å². The average Bonchev–Trinajstić information content (AvgIpc) is 3.38. The molecule has 0 saturated carbocycles. The molecule has 4 heterocycles. The molecule has 7 nitrogen and oxygen atoms in total. The van der Waals surface area contributed by atoms with Crippen LogP contribution in [0.3, 0.4) is 0 Å². The van der Waals surface area contributed by atoms with Gasteiger partial charge in [0.1, 0.15) is 0 Å². The fraction of sp³-hybridized carbons (Fsp3) is 0.273. The van der Waals surface area contributed by atoms with Crippen LogP contribution in [0.4, 0.5) is 5.69 Å². The third-order valence-corrected chi connectivity index (χ3v) is 5.00. The second kappa shape index (κ2) is 8.79. The van der Waals surface area contributed by atoms with Gasteiger partial charge in [-0.1, -0.05) is 18.2 Å². The molecule has 1 saturated heterocycles. The van der Waals surface area contributed by atoms with Crippen LogP contribution < -0.4 is 5.32 Å². The fourth-order valence-corrected chi connectivity index (χ4v) is 3.42. The molecule has 0 radical (unpaired) electrons. The summed E-state index contributed by atoms with van der Waals surface area (Å²) in [5.74, 6) is -0.269. The van der Waals surface area contributed by atoms with Gasteiger partial charge in [-0.2, -0.15) is 5.10 Å². The van der Waals surface area contributed by atoms with Crippen LogP contribution in [-0.4, -0.2) is 44.1 Å². The second-order valence-corrected chi connectivity index (χ2v) is 7.21. The zero-order valence-corrected chi connectivity index (χ0v) is 16.4. The first-order valence-corrected chi connectivity index (χ1v) is 9.81. The topological polar surface area (TPSA) is 86.8 Å². The fourth-order valence-electron chi connectivity index (χ4n) is 3.42. The molecule has 0 aliphatic carbocycles. The Bertz CT molecular complexity index is 988. The Morgan fingerprint density at radius 2 is 2.07 bits per heavy atom. The van der Waals surface area contributed by atoms with Crippen LogP contribution in [0.2, 0.25) is 0 Å². The van der Waals surface area contributed by atoms with Crippen molar-refractivity contribution in [2.24, 2.45) is 0 Å². The number of nitrogens with zero attached hydrogens (tertiary/aromatic N) is 4. The van der Waals surface area contributed by atoms with Crippen molar-refractivity contribution in [1.82, 2.24) is 25.1 Å². The lowest BCUT2D eigenvalue weighted by Crippen LogP contribution is -2.19. The van der Waals surface area contributed by atoms with Crippen molar-refractivity contribution in [2.45, 2.75) is 26.3 Å². The van der Waals surface area contributed by atoms with E-state index in [1.54, 1.807) is 18.6 Å². The Balaban J connectivity index is 1.44. The van der Waals surface area contributed by atoms with Gasteiger partial charge < -0.3 is 5.32 Å². The van der Waals surface area contributed by atoms with Gasteiger partial charge in [0, 0.05) is 30.2 Å². The largest absolute Gasteiger partial charge is 0.319 e. The van der Waals surface area contributed by atoms with Crippen LogP contribution in [-0.2, 0) is 6.54 Å². The third kappa shape index (κ3) is 4.75. The third-order valence-electron chi connectivity index (χ3n) is 5.00. The molecule has 3 aromatic heterocycles. The van der Waals surface area contributed by atoms with Crippen LogP contribution in [0.25, 0.3) is 12.2 Å². The van der Waals surface area contributed by atoms with Crippen molar-refractivity contribution >= 4 is 23.7 Å². The molecule has 1 aliphatic heterocycles. The first-order chi connectivity index (χ1) is 14.2. The van der Waals surface area contributed by atoms with Crippen molar-refractivity contribution in [3.8, 4) is 0 Å². The Labute approximate surface area is 169 Å². The number of hydrogen-bond donors (Lipinski definition) is 2. The SMILES string of the molecule is Cc1[nH]nc(C(=O)Nc2ccc(CN3CCCC3)nc2)c1/C=C/c1cccnc1. The summed E-state index contributed by atoms with van der Waals surface area (Å²) < 4.78 is 0. The summed E-state index contributed by atoms with van der Waals surface area (Å²) in [6.45, 7) is 5.01. The summed E-state index contributed by atoms with van der Waals surface area (Å²) in [7, 11) is 0. The number of aromatic nitrogens is 4. The summed E-state index contributed by atoms with van der Waals surface area (Å²) in [5, 5.41) is 9.96. The lowest BCUT2D eigenvalue weighted by Gasteiger charge is -2.13. The monoisotopic (exact) mass is 388 g/mol. The van der Waals surface area contributed by atoms with Crippen LogP contribution in [0.1, 0.15) is 45.8 Å². The minimum absolute atomic E-state index is 0.269. The van der Waals surface area contributed by atoms with Gasteiger partial charge in [-0.15, -0.1) is 0 Å². The molecule has 3 aromatic rings. The number of aromatic amines is 1. The van der Waals surface area contributed by atoms with E-state index in [2.05, 4.69) is 30.4 Å². The predicted octanol–water partition coefficient (Wildman–Crippen LogP) is 3.53. The number of carbonyl (C=O) groups excluding carboxylic acids is 1. The van der Waals surface area contributed by atoms with Crippen molar-refractivity contribution in [1.29, 1.82) is 0 Å². The molecule has 0 unspecified atom stereocenters. The highest BCUT2D eigenvalue weighted by molar-refractivity contribution is 6.05. The summed E-state index contributed by atoms with van der Waals surface area (Å²) >= 11 is 0. The molecule has 4 rings (SSSR count). The molecule has 1 aliphatic rings. The van der Waals surface area contributed by atoms with Crippen molar-refractivity contribution in [3.63, 3.8) is 0 Å². The molecule has 1 fully saturated rings. The van der Waals surface area contributed by atoms with Crippen molar-refractivity contribution in [2.75, 3.05) is 18.4 Å². The maximum atomic E-state index is 12.7. The van der Waals surface area contributed by atoms with Crippen LogP contribution in [0, 0.1) is 6.92 Å². The van der Waals surface area contributed by atoms with Gasteiger partial charge in [0.2, 0.25) is 0 Å². The average molecular weight is 388 g/mol. The molecule has 0 aromatic carbocycles. The molecular formula is C22H24N6O. The molecule has 7 heteroatoms. The summed E-state index contributed by atoms with van der Waals surface area (Å²) in [6, 6.07) is 7.68. The normalized spacial score (nSPS) is 14.5. The van der Waals surface area contributed by atoms with E-state index >= 15 is 0 Å². The van der Waals surface area contributed by atoms with Gasteiger partial charge in [-0.3, -0.25) is 24.8 Å². The summed E-state index contributed by atoms with van der Waals surface area (Å²) in [5.41, 5.74) is 4.56. The molecule has 148 valence electrons. The lowest BCUT2D eigenvalue weighted by molar-refractivity contribution is 0.102. The number of rotatable bonds is 6. The zero-order valence-electron chi connectivity index (χ0n) is 16.4. The highest BCUT2D eigenvalue weighted by Gasteiger charge is 2.17. The Morgan fingerprint density at radius 1 is 1.21 bits per heavy atom. The molecule has 2 N–H and O–H groups in total. The molecule has 0 bridgehead atoms. The second-order valence-electron chi connectivity index (χ2n) is 7.21. The first kappa shape index (κ1) is 19.0. The number of H-pyrrole nitrogens is 1. The lowest BCUT2D eigenvalue weighted by atomic mass is 10.1. The molecule has 0 atom stereocenters. The Kier molecular flexibility index (Phi) is 5.76. The van der Waals surface area contributed by atoms with E-state index in [9.17, 15) is 4.79 Å². The molecule has 0 spiro atoms. The van der Waals surface area contributed by atoms with Gasteiger partial charge in [0.25, 0.3) is 5.91 Å². The maximum Gasteiger partial charge on any atom is 0.276 e. The first-order valence-electron chi connectivity index (χ1n) is 9.81. The van der Waals surface area contributed by atoms with Gasteiger partial charge >= 0.3 is 0 Å². The van der Waals surface area contributed by atoms with Crippen LogP contribution in [0.5, 0.6) is 0 Å². The highest BCUT2D eigenvalue weighted by atomic mass is 16.1. The van der Waals surface area contributed by atoms with Crippen LogP contribution in [0.15, 0.2) is 42.9 Å². The number of pyridine rings is 2. The number of likely N-dealkylation sites (tertiary alicyclic amines) is 1. The van der Waals surface area contributed by atoms with E-state index in [1.165, 1.54) is 12.8 Å². The quantitative estimate of drug-likeness (QED) is 0.675. The Hall–Kier alpha value is -3.32. The van der Waals surface area contributed by atoms with E-state index in [4.69, 9.17) is 0 Å². The number of nitrogens with one attached hydrogen (secondary N) is 2. The zero-order chi connectivity index (χ0) is 20.1. The summed E-state index contributed by atoms with van der Waals surface area (Å²) in [6.07, 6.45) is 11.5. The van der Waals surface area contributed by atoms with Crippen molar-refractivity contribution < 1.29 is 4.79 Å². The van der Waals surface area contributed by atoms with Gasteiger partial charge in [-0.05, 0) is 56.6 Å². The minimum atomic E-state index is -0.269. The predicted molar refractivity (Wildman–Crippen MR) is 113 cm³/mol. The van der Waals surface area contributed by atoms with E-state index in [1.807, 2.05) is 43.3 Å². The summed E-state index contributed by atoms with van der Waals surface area (Å²) in [4.78, 5) is 23.7. The number of aryl methyl sites for hydroxylation is 1. The molecular weight excluding hydrogens is 364 g/mol. The maximum absolute atomic E-state index is 12.7. The smallest absolute Gasteiger partial charge is 0.276 e. The number of anilines is 1. The number of carbonyl (C=O) groups is 1. The standard InChI is InChI=1S/C22H24N6O/c1-16-20(9-6-17-5-4-10-23-13-17)21(27-26-16)22(29)25-18-7-8-19(24-14-18)15-28-11-2-3-12-28/h4-10,13-14H,2-3,11-12,15H2,1H3,(H,25,29)(H,26,27)/b9-6+. The van der Waals surface area contributed by atoms with E-state index < -0.39 is 0 Å². The molecule has 29 heavy (non-hydrogen) atoms. The minimum Gasteiger partial charge on any atom is -0.319 e.